The summed E-state index contributed by atoms with van der Waals surface area (Å²) in [6.45, 7) is 6.83. The van der Waals surface area contributed by atoms with Crippen molar-refractivity contribution in [2.24, 2.45) is 0 Å². The first-order valence-electron chi connectivity index (χ1n) is 13.5. The monoisotopic (exact) mass is 504 g/mol. The number of ether oxygens (including phenoxy) is 1. The third kappa shape index (κ3) is 8.44. The number of fused-ring (bicyclic) bond motifs is 1. The largest absolute Gasteiger partial charge is 0.493 e. The van der Waals surface area contributed by atoms with E-state index in [0.29, 0.717) is 13.2 Å². The molecule has 0 aliphatic carbocycles. The first kappa shape index (κ1) is 26.9. The van der Waals surface area contributed by atoms with E-state index in [1.807, 2.05) is 24.1 Å². The Bertz CT molecular complexity index is 1120. The highest BCUT2D eigenvalue weighted by Gasteiger charge is 2.18. The number of nitrogens with zero attached hydrogens (tertiary/aromatic N) is 4. The lowest BCUT2D eigenvalue weighted by Crippen LogP contribution is -2.40. The molecule has 4 rings (SSSR count). The van der Waals surface area contributed by atoms with Gasteiger partial charge in [-0.3, -0.25) is 14.4 Å². The zero-order valence-electron chi connectivity index (χ0n) is 22.0. The van der Waals surface area contributed by atoms with Crippen molar-refractivity contribution in [1.82, 2.24) is 19.6 Å². The molecule has 198 valence electrons. The highest BCUT2D eigenvalue weighted by atomic mass is 16.5. The minimum Gasteiger partial charge on any atom is -0.493 e. The quantitative estimate of drug-likeness (QED) is 0.522. The van der Waals surface area contributed by atoms with E-state index in [1.54, 1.807) is 10.9 Å². The van der Waals surface area contributed by atoms with Gasteiger partial charge in [-0.15, -0.1) is 0 Å². The van der Waals surface area contributed by atoms with Crippen molar-refractivity contribution in [1.29, 1.82) is 0 Å². The predicted molar refractivity (Wildman–Crippen MR) is 145 cm³/mol. The summed E-state index contributed by atoms with van der Waals surface area (Å²) in [7, 11) is 0. The maximum absolute atomic E-state index is 13.3. The molecule has 1 aliphatic heterocycles. The first-order valence-corrected chi connectivity index (χ1v) is 13.5. The fourth-order valence-corrected chi connectivity index (χ4v) is 4.81. The van der Waals surface area contributed by atoms with Crippen LogP contribution in [0.4, 0.5) is 0 Å². The van der Waals surface area contributed by atoms with Crippen molar-refractivity contribution in [3.8, 4) is 5.75 Å². The lowest BCUT2D eigenvalue weighted by molar-refractivity contribution is -0.132. The van der Waals surface area contributed by atoms with Gasteiger partial charge in [-0.2, -0.15) is 5.10 Å². The van der Waals surface area contributed by atoms with Gasteiger partial charge in [0.15, 0.2) is 0 Å². The second-order valence-electron chi connectivity index (χ2n) is 9.97. The fraction of sp³-hybridized carbons (Fsp3) is 0.467. The van der Waals surface area contributed by atoms with Crippen LogP contribution in [0.25, 0.3) is 0 Å². The van der Waals surface area contributed by atoms with Crippen LogP contribution in [-0.4, -0.2) is 63.4 Å². The molecule has 0 saturated heterocycles. The number of hydrogen-bond acceptors (Lipinski definition) is 5. The average Bonchev–Trinajstić information content (AvgIpc) is 3.32. The van der Waals surface area contributed by atoms with Crippen LogP contribution >= 0.6 is 0 Å². The second-order valence-corrected chi connectivity index (χ2v) is 9.97. The van der Waals surface area contributed by atoms with Crippen molar-refractivity contribution in [3.63, 3.8) is 0 Å². The molecule has 7 heteroatoms. The molecular formula is C30H40N4O3. The lowest BCUT2D eigenvalue weighted by atomic mass is 10.0. The molecule has 0 atom stereocenters. The van der Waals surface area contributed by atoms with Gasteiger partial charge in [0.1, 0.15) is 12.3 Å². The van der Waals surface area contributed by atoms with Crippen LogP contribution in [0.5, 0.6) is 5.75 Å². The van der Waals surface area contributed by atoms with Gasteiger partial charge in [-0.1, -0.05) is 42.5 Å². The Hall–Kier alpha value is -3.16. The minimum atomic E-state index is 0.112. The maximum atomic E-state index is 13.3. The number of amides is 1. The molecule has 37 heavy (non-hydrogen) atoms. The third-order valence-corrected chi connectivity index (χ3v) is 6.82. The molecule has 1 N–H and O–H groups in total. The summed E-state index contributed by atoms with van der Waals surface area (Å²) in [6, 6.07) is 16.9. The Morgan fingerprint density at radius 3 is 2.68 bits per heavy atom. The van der Waals surface area contributed by atoms with Crippen LogP contribution < -0.4 is 4.74 Å². The van der Waals surface area contributed by atoms with Crippen molar-refractivity contribution in [2.45, 2.75) is 58.7 Å². The van der Waals surface area contributed by atoms with Gasteiger partial charge >= 0.3 is 0 Å². The normalized spacial score (nSPS) is 15.7. The van der Waals surface area contributed by atoms with Gasteiger partial charge in [0, 0.05) is 51.1 Å². The number of rotatable bonds is 7. The van der Waals surface area contributed by atoms with Crippen LogP contribution in [0.1, 0.15) is 47.9 Å². The number of carbonyl (C=O) groups is 1. The highest BCUT2D eigenvalue weighted by Crippen LogP contribution is 2.24. The maximum Gasteiger partial charge on any atom is 0.244 e. The third-order valence-electron chi connectivity index (χ3n) is 6.82. The number of aliphatic hydroxyl groups is 1. The smallest absolute Gasteiger partial charge is 0.244 e. The van der Waals surface area contributed by atoms with Crippen molar-refractivity contribution in [2.75, 3.05) is 32.8 Å². The molecule has 0 saturated carbocycles. The summed E-state index contributed by atoms with van der Waals surface area (Å²) in [6.07, 6.45) is 8.24. The number of aliphatic hydroxyl groups excluding tert-OH is 1. The molecule has 0 radical (unpaired) electrons. The highest BCUT2D eigenvalue weighted by molar-refractivity contribution is 5.75. The molecule has 1 aromatic heterocycles. The van der Waals surface area contributed by atoms with E-state index in [-0.39, 0.29) is 19.1 Å². The molecule has 0 spiro atoms. The SMILES string of the molecule is Cc1cnn(CC(=O)N2CCCCCOc3ccc(CCCO)cc3CN(Cc3ccccc3)CC2)c1. The van der Waals surface area contributed by atoms with E-state index >= 15 is 0 Å². The van der Waals surface area contributed by atoms with Gasteiger partial charge in [-0.05, 0) is 61.8 Å². The van der Waals surface area contributed by atoms with Crippen LogP contribution in [0.3, 0.4) is 0 Å². The number of benzene rings is 2. The average molecular weight is 505 g/mol. The summed E-state index contributed by atoms with van der Waals surface area (Å²) in [5, 5.41) is 13.6. The fourth-order valence-electron chi connectivity index (χ4n) is 4.81. The standard InChI is InChI=1S/C30H40N4O3/c1-25-20-31-34(21-25)24-30(36)33-14-6-3-7-18-37-29-13-12-26(11-8-17-35)19-28(29)23-32(15-16-33)22-27-9-4-2-5-10-27/h2,4-5,9-10,12-13,19-21,35H,3,6-8,11,14-18,22-24H2,1H3. The summed E-state index contributed by atoms with van der Waals surface area (Å²) in [5.74, 6) is 1.05. The Balaban J connectivity index is 1.55. The molecule has 2 aromatic carbocycles. The van der Waals surface area contributed by atoms with Gasteiger partial charge in [0.25, 0.3) is 0 Å². The first-order chi connectivity index (χ1) is 18.1. The van der Waals surface area contributed by atoms with Crippen LogP contribution in [0, 0.1) is 6.92 Å². The summed E-state index contributed by atoms with van der Waals surface area (Å²) >= 11 is 0. The van der Waals surface area contributed by atoms with Gasteiger partial charge in [0.2, 0.25) is 5.91 Å². The van der Waals surface area contributed by atoms with E-state index < -0.39 is 0 Å². The molecule has 0 fully saturated rings. The van der Waals surface area contributed by atoms with E-state index in [9.17, 15) is 9.90 Å². The summed E-state index contributed by atoms with van der Waals surface area (Å²) in [4.78, 5) is 17.7. The Morgan fingerprint density at radius 1 is 1.03 bits per heavy atom. The number of carbonyl (C=O) groups excluding carboxylic acids is 1. The van der Waals surface area contributed by atoms with E-state index in [2.05, 4.69) is 52.5 Å². The molecule has 3 aromatic rings. The number of hydrogen-bond donors (Lipinski definition) is 1. The van der Waals surface area contributed by atoms with Crippen LogP contribution in [-0.2, 0) is 30.8 Å². The zero-order chi connectivity index (χ0) is 25.9. The Morgan fingerprint density at radius 2 is 1.89 bits per heavy atom. The molecule has 7 nitrogen and oxygen atoms in total. The lowest BCUT2D eigenvalue weighted by Gasteiger charge is -2.28. The zero-order valence-corrected chi connectivity index (χ0v) is 22.0. The van der Waals surface area contributed by atoms with Crippen molar-refractivity contribution < 1.29 is 14.6 Å². The number of aryl methyl sites for hydroxylation is 2. The van der Waals surface area contributed by atoms with Crippen LogP contribution in [0.15, 0.2) is 60.9 Å². The molecule has 1 amide bonds. The van der Waals surface area contributed by atoms with E-state index in [1.165, 1.54) is 11.1 Å². The topological polar surface area (TPSA) is 70.8 Å². The molecule has 0 unspecified atom stereocenters. The summed E-state index contributed by atoms with van der Waals surface area (Å²) < 4.78 is 7.98. The van der Waals surface area contributed by atoms with E-state index in [0.717, 1.165) is 75.2 Å². The molecule has 2 heterocycles. The van der Waals surface area contributed by atoms with Crippen LogP contribution in [0.2, 0.25) is 0 Å². The van der Waals surface area contributed by atoms with E-state index in [4.69, 9.17) is 4.74 Å². The molecular weight excluding hydrogens is 464 g/mol. The minimum absolute atomic E-state index is 0.112. The van der Waals surface area contributed by atoms with Crippen molar-refractivity contribution >= 4 is 5.91 Å². The number of aromatic nitrogens is 2. The summed E-state index contributed by atoms with van der Waals surface area (Å²) in [5.41, 5.74) is 4.68. The van der Waals surface area contributed by atoms with Gasteiger partial charge in [0.05, 0.1) is 12.8 Å². The molecule has 0 bridgehead atoms. The molecule has 1 aliphatic rings. The predicted octanol–water partition coefficient (Wildman–Crippen LogP) is 4.21. The second kappa shape index (κ2) is 14.0. The van der Waals surface area contributed by atoms with Gasteiger partial charge in [-0.25, -0.2) is 0 Å². The van der Waals surface area contributed by atoms with Gasteiger partial charge < -0.3 is 14.7 Å². The Labute approximate surface area is 220 Å². The van der Waals surface area contributed by atoms with Crippen molar-refractivity contribution in [3.05, 3.63) is 83.2 Å². The Kier molecular flexibility index (Phi) is 10.1.